The van der Waals surface area contributed by atoms with Crippen LogP contribution in [0.15, 0.2) is 0 Å². The third-order valence-electron chi connectivity index (χ3n) is 3.96. The maximum absolute atomic E-state index is 12.4. The van der Waals surface area contributed by atoms with E-state index >= 15 is 0 Å². The van der Waals surface area contributed by atoms with Gasteiger partial charge in [0.1, 0.15) is 18.2 Å². The summed E-state index contributed by atoms with van der Waals surface area (Å²) in [5.41, 5.74) is 0. The number of nitrogens with one attached hydrogen (secondary N) is 3. The highest BCUT2D eigenvalue weighted by atomic mass is 16.4. The van der Waals surface area contributed by atoms with Gasteiger partial charge in [0.15, 0.2) is 0 Å². The highest BCUT2D eigenvalue weighted by molar-refractivity contribution is 5.92. The summed E-state index contributed by atoms with van der Waals surface area (Å²) in [5, 5.41) is 26.1. The minimum Gasteiger partial charge on any atom is -0.481 e. The molecule has 28 heavy (non-hydrogen) atoms. The molecule has 0 aromatic heterocycles. The molecule has 9 nitrogen and oxygen atoms in total. The Hall–Kier alpha value is -2.16. The Morgan fingerprint density at radius 2 is 1.39 bits per heavy atom. The van der Waals surface area contributed by atoms with Crippen LogP contribution < -0.4 is 16.0 Å². The van der Waals surface area contributed by atoms with E-state index in [4.69, 9.17) is 5.11 Å². The summed E-state index contributed by atoms with van der Waals surface area (Å²) >= 11 is 0. The van der Waals surface area contributed by atoms with Crippen molar-refractivity contribution in [3.63, 3.8) is 0 Å². The van der Waals surface area contributed by atoms with Crippen molar-refractivity contribution in [3.05, 3.63) is 0 Å². The minimum atomic E-state index is -1.20. The van der Waals surface area contributed by atoms with Gasteiger partial charge in [0, 0.05) is 13.0 Å². The number of hydrogen-bond acceptors (Lipinski definition) is 5. The molecule has 0 bridgehead atoms. The zero-order valence-corrected chi connectivity index (χ0v) is 17.4. The number of carbonyl (C=O) groups is 4. The van der Waals surface area contributed by atoms with Crippen LogP contribution in [0.4, 0.5) is 0 Å². The number of carbonyl (C=O) groups excluding carboxylic acids is 3. The van der Waals surface area contributed by atoms with Crippen molar-refractivity contribution in [3.8, 4) is 0 Å². The van der Waals surface area contributed by atoms with E-state index in [2.05, 4.69) is 16.0 Å². The second-order valence-electron chi connectivity index (χ2n) is 7.85. The summed E-state index contributed by atoms with van der Waals surface area (Å²) in [7, 11) is 0. The van der Waals surface area contributed by atoms with Gasteiger partial charge in [-0.1, -0.05) is 27.7 Å². The fraction of sp³-hybridized carbons (Fsp3) is 0.789. The van der Waals surface area contributed by atoms with Gasteiger partial charge in [-0.3, -0.25) is 19.2 Å². The Bertz CT molecular complexity index is 536. The van der Waals surface area contributed by atoms with E-state index in [9.17, 15) is 24.3 Å². The third-order valence-corrected chi connectivity index (χ3v) is 3.96. The Kier molecular flexibility index (Phi) is 12.1. The number of aliphatic hydroxyl groups excluding tert-OH is 1. The normalized spacial score (nSPS) is 14.3. The maximum Gasteiger partial charge on any atom is 0.303 e. The van der Waals surface area contributed by atoms with Crippen molar-refractivity contribution >= 4 is 23.7 Å². The highest BCUT2D eigenvalue weighted by Gasteiger charge is 2.26. The second-order valence-corrected chi connectivity index (χ2v) is 7.85. The van der Waals surface area contributed by atoms with Gasteiger partial charge in [0.25, 0.3) is 0 Å². The first kappa shape index (κ1) is 25.8. The number of hydrogen-bond donors (Lipinski definition) is 5. The van der Waals surface area contributed by atoms with E-state index < -0.39 is 41.9 Å². The largest absolute Gasteiger partial charge is 0.481 e. The zero-order chi connectivity index (χ0) is 21.9. The van der Waals surface area contributed by atoms with E-state index in [1.54, 1.807) is 0 Å². The Labute approximate surface area is 166 Å². The highest BCUT2D eigenvalue weighted by Crippen LogP contribution is 2.07. The molecule has 162 valence electrons. The zero-order valence-electron chi connectivity index (χ0n) is 17.4. The summed E-state index contributed by atoms with van der Waals surface area (Å²) in [6.07, 6.45) is -0.270. The smallest absolute Gasteiger partial charge is 0.303 e. The van der Waals surface area contributed by atoms with Crippen molar-refractivity contribution < 1.29 is 29.4 Å². The van der Waals surface area contributed by atoms with E-state index in [-0.39, 0.29) is 31.2 Å². The molecule has 0 unspecified atom stereocenters. The number of aliphatic carboxylic acids is 1. The molecule has 9 heteroatoms. The van der Waals surface area contributed by atoms with Gasteiger partial charge >= 0.3 is 5.97 Å². The molecule has 3 atom stereocenters. The Morgan fingerprint density at radius 1 is 0.821 bits per heavy atom. The number of carboxylic acids is 1. The summed E-state index contributed by atoms with van der Waals surface area (Å²) in [6.45, 7) is 9.24. The fourth-order valence-corrected chi connectivity index (χ4v) is 2.50. The summed E-state index contributed by atoms with van der Waals surface area (Å²) < 4.78 is 0. The second kappa shape index (κ2) is 13.1. The maximum atomic E-state index is 12.4. The van der Waals surface area contributed by atoms with Crippen molar-refractivity contribution in [2.24, 2.45) is 11.8 Å². The first-order valence-electron chi connectivity index (χ1n) is 9.72. The van der Waals surface area contributed by atoms with E-state index in [1.807, 2.05) is 27.7 Å². The van der Waals surface area contributed by atoms with Crippen LogP contribution in [0.25, 0.3) is 0 Å². The molecular formula is C19H35N3O6. The number of aliphatic hydroxyl groups is 1. The third kappa shape index (κ3) is 11.5. The summed E-state index contributed by atoms with van der Waals surface area (Å²) in [4.78, 5) is 47.2. The number of rotatable bonds is 13. The van der Waals surface area contributed by atoms with Gasteiger partial charge in [-0.25, -0.2) is 0 Å². The molecule has 0 aliphatic heterocycles. The lowest BCUT2D eigenvalue weighted by Gasteiger charge is -2.23. The van der Waals surface area contributed by atoms with Gasteiger partial charge in [-0.05, 0) is 38.0 Å². The van der Waals surface area contributed by atoms with Crippen LogP contribution in [0, 0.1) is 11.8 Å². The average Bonchev–Trinajstić information content (AvgIpc) is 2.56. The van der Waals surface area contributed by atoms with Crippen LogP contribution in [0.1, 0.15) is 60.3 Å². The Balaban J connectivity index is 4.71. The SMILES string of the molecule is CC(C)C[C@@H](O)C(=O)N[C@@H](C)C(=O)N[C@@H](CC(C)C)C(=O)NCCCC(=O)O. The average molecular weight is 402 g/mol. The predicted octanol–water partition coefficient (Wildman–Crippen LogP) is 0.410. The monoisotopic (exact) mass is 401 g/mol. The fourth-order valence-electron chi connectivity index (χ4n) is 2.50. The van der Waals surface area contributed by atoms with Gasteiger partial charge < -0.3 is 26.2 Å². The van der Waals surface area contributed by atoms with Crippen molar-refractivity contribution in [2.45, 2.75) is 78.5 Å². The molecule has 0 saturated carbocycles. The predicted molar refractivity (Wildman–Crippen MR) is 104 cm³/mol. The molecule has 0 aliphatic rings. The van der Waals surface area contributed by atoms with E-state index in [1.165, 1.54) is 6.92 Å². The van der Waals surface area contributed by atoms with Gasteiger partial charge in [0.05, 0.1) is 0 Å². The molecule has 0 spiro atoms. The van der Waals surface area contributed by atoms with Crippen LogP contribution in [0.2, 0.25) is 0 Å². The standard InChI is InChI=1S/C19H35N3O6/c1-11(2)9-14(18(27)20-8-6-7-16(24)25)22-17(26)13(5)21-19(28)15(23)10-12(3)4/h11-15,23H,6-10H2,1-5H3,(H,20,27)(H,21,28)(H,22,26)(H,24,25)/t13-,14-,15+/m0/s1. The van der Waals surface area contributed by atoms with Gasteiger partial charge in [-0.15, -0.1) is 0 Å². The van der Waals surface area contributed by atoms with Crippen molar-refractivity contribution in [2.75, 3.05) is 6.54 Å². The molecule has 5 N–H and O–H groups in total. The topological polar surface area (TPSA) is 145 Å². The summed E-state index contributed by atoms with van der Waals surface area (Å²) in [5.74, 6) is -2.24. The molecule has 0 rings (SSSR count). The molecule has 0 aromatic rings. The minimum absolute atomic E-state index is 0.0523. The van der Waals surface area contributed by atoms with Crippen LogP contribution in [0.5, 0.6) is 0 Å². The first-order valence-corrected chi connectivity index (χ1v) is 9.72. The molecular weight excluding hydrogens is 366 g/mol. The van der Waals surface area contributed by atoms with E-state index in [0.717, 1.165) is 0 Å². The Morgan fingerprint density at radius 3 is 1.89 bits per heavy atom. The lowest BCUT2D eigenvalue weighted by molar-refractivity contribution is -0.137. The molecule has 3 amide bonds. The number of carboxylic acid groups (broad SMARTS) is 1. The molecule has 0 fully saturated rings. The van der Waals surface area contributed by atoms with Crippen molar-refractivity contribution in [1.29, 1.82) is 0 Å². The molecule has 0 saturated heterocycles. The van der Waals surface area contributed by atoms with Crippen molar-refractivity contribution in [1.82, 2.24) is 16.0 Å². The molecule has 0 heterocycles. The lowest BCUT2D eigenvalue weighted by atomic mass is 10.0. The van der Waals surface area contributed by atoms with Crippen LogP contribution in [-0.4, -0.2) is 58.6 Å². The van der Waals surface area contributed by atoms with E-state index in [0.29, 0.717) is 12.8 Å². The van der Waals surface area contributed by atoms with Crippen LogP contribution in [-0.2, 0) is 19.2 Å². The summed E-state index contributed by atoms with van der Waals surface area (Å²) in [6, 6.07) is -1.71. The van der Waals surface area contributed by atoms with Crippen LogP contribution >= 0.6 is 0 Å². The molecule has 0 radical (unpaired) electrons. The molecule has 0 aliphatic carbocycles. The van der Waals surface area contributed by atoms with Gasteiger partial charge in [0.2, 0.25) is 17.7 Å². The quantitative estimate of drug-likeness (QED) is 0.283. The number of amides is 3. The lowest BCUT2D eigenvalue weighted by Crippen LogP contribution is -2.54. The van der Waals surface area contributed by atoms with Crippen LogP contribution in [0.3, 0.4) is 0 Å². The first-order chi connectivity index (χ1) is 12.9. The molecule has 0 aromatic carbocycles. The van der Waals surface area contributed by atoms with Gasteiger partial charge in [-0.2, -0.15) is 0 Å².